The Balaban J connectivity index is 2.03. The second kappa shape index (κ2) is 6.09. The van der Waals surface area contributed by atoms with Crippen LogP contribution in [0.4, 0.5) is 13.2 Å². The quantitative estimate of drug-likeness (QED) is 0.931. The Kier molecular flexibility index (Phi) is 4.61. The van der Waals surface area contributed by atoms with E-state index in [1.54, 1.807) is 4.90 Å². The van der Waals surface area contributed by atoms with Crippen LogP contribution in [-0.4, -0.2) is 40.7 Å². The zero-order chi connectivity index (χ0) is 15.6. The van der Waals surface area contributed by atoms with E-state index in [-0.39, 0.29) is 17.6 Å². The number of alkyl halides is 3. The minimum absolute atomic E-state index is 0.0799. The van der Waals surface area contributed by atoms with Gasteiger partial charge in [0.2, 0.25) is 0 Å². The van der Waals surface area contributed by atoms with Gasteiger partial charge in [-0.3, -0.25) is 4.79 Å². The molecule has 7 heteroatoms. The van der Waals surface area contributed by atoms with E-state index in [9.17, 15) is 18.0 Å². The van der Waals surface area contributed by atoms with Crippen LogP contribution in [0.5, 0.6) is 0 Å². The van der Waals surface area contributed by atoms with Crippen LogP contribution in [0.3, 0.4) is 0 Å². The third-order valence-corrected chi connectivity index (χ3v) is 3.97. The number of hydrogen-bond acceptors (Lipinski definition) is 2. The zero-order valence-corrected chi connectivity index (χ0v) is 11.9. The number of rotatable bonds is 3. The van der Waals surface area contributed by atoms with E-state index in [0.29, 0.717) is 19.0 Å². The number of likely N-dealkylation sites (tertiary alicyclic amines) is 1. The van der Waals surface area contributed by atoms with Gasteiger partial charge in [0.05, 0.1) is 0 Å². The molecule has 0 radical (unpaired) electrons. The molecule has 0 spiro atoms. The Morgan fingerprint density at radius 3 is 2.57 bits per heavy atom. The van der Waals surface area contributed by atoms with Gasteiger partial charge in [0.15, 0.2) is 0 Å². The molecule has 1 saturated heterocycles. The Bertz CT molecular complexity index is 488. The summed E-state index contributed by atoms with van der Waals surface area (Å²) in [6, 6.07) is 2.98. The Morgan fingerprint density at radius 2 is 2.05 bits per heavy atom. The predicted octanol–water partition coefficient (Wildman–Crippen LogP) is 2.25. The first-order chi connectivity index (χ1) is 9.78. The molecule has 1 aromatic heterocycles. The SMILES string of the molecule is CC(N)C1CCN(C(=O)c2cccn2CC(F)(F)F)CC1. The third kappa shape index (κ3) is 4.00. The molecule has 1 aromatic rings. The Hall–Kier alpha value is -1.50. The highest BCUT2D eigenvalue weighted by molar-refractivity contribution is 5.92. The summed E-state index contributed by atoms with van der Waals surface area (Å²) in [5.74, 6) is 0.0309. The van der Waals surface area contributed by atoms with Crippen molar-refractivity contribution in [2.75, 3.05) is 13.1 Å². The molecule has 0 bridgehead atoms. The van der Waals surface area contributed by atoms with Crippen LogP contribution in [-0.2, 0) is 6.54 Å². The van der Waals surface area contributed by atoms with E-state index in [0.717, 1.165) is 17.4 Å². The highest BCUT2D eigenvalue weighted by Crippen LogP contribution is 2.23. The van der Waals surface area contributed by atoms with Crippen molar-refractivity contribution in [2.24, 2.45) is 11.7 Å². The van der Waals surface area contributed by atoms with Gasteiger partial charge in [-0.2, -0.15) is 13.2 Å². The number of carbonyl (C=O) groups excluding carboxylic acids is 1. The molecule has 1 atom stereocenters. The predicted molar refractivity (Wildman–Crippen MR) is 72.8 cm³/mol. The summed E-state index contributed by atoms with van der Waals surface area (Å²) in [5, 5.41) is 0. The second-order valence-electron chi connectivity index (χ2n) is 5.63. The molecule has 1 unspecified atom stereocenters. The fourth-order valence-corrected chi connectivity index (χ4v) is 2.73. The van der Waals surface area contributed by atoms with Gasteiger partial charge >= 0.3 is 6.18 Å². The topological polar surface area (TPSA) is 51.3 Å². The van der Waals surface area contributed by atoms with Crippen LogP contribution in [0.1, 0.15) is 30.3 Å². The summed E-state index contributed by atoms with van der Waals surface area (Å²) < 4.78 is 38.4. The van der Waals surface area contributed by atoms with Gasteiger partial charge in [-0.05, 0) is 37.8 Å². The van der Waals surface area contributed by atoms with Gasteiger partial charge in [-0.1, -0.05) is 0 Å². The number of halogens is 3. The van der Waals surface area contributed by atoms with Crippen LogP contribution >= 0.6 is 0 Å². The molecule has 1 amide bonds. The highest BCUT2D eigenvalue weighted by atomic mass is 19.4. The molecule has 2 rings (SSSR count). The third-order valence-electron chi connectivity index (χ3n) is 3.97. The minimum Gasteiger partial charge on any atom is -0.337 e. The van der Waals surface area contributed by atoms with E-state index in [4.69, 9.17) is 5.73 Å². The lowest BCUT2D eigenvalue weighted by Crippen LogP contribution is -2.43. The highest BCUT2D eigenvalue weighted by Gasteiger charge is 2.31. The molecule has 1 aliphatic heterocycles. The second-order valence-corrected chi connectivity index (χ2v) is 5.63. The average molecular weight is 303 g/mol. The molecule has 118 valence electrons. The van der Waals surface area contributed by atoms with Gasteiger partial charge in [-0.15, -0.1) is 0 Å². The standard InChI is InChI=1S/C14H20F3N3O/c1-10(18)11-4-7-19(8-5-11)13(21)12-3-2-6-20(12)9-14(15,16)17/h2-3,6,10-11H,4-5,7-9,18H2,1H3. The van der Waals surface area contributed by atoms with Crippen molar-refractivity contribution >= 4 is 5.91 Å². The first-order valence-corrected chi connectivity index (χ1v) is 7.04. The van der Waals surface area contributed by atoms with Crippen molar-refractivity contribution in [1.82, 2.24) is 9.47 Å². The summed E-state index contributed by atoms with van der Waals surface area (Å²) in [7, 11) is 0. The number of nitrogens with two attached hydrogens (primary N) is 1. The summed E-state index contributed by atoms with van der Waals surface area (Å²) in [5.41, 5.74) is 5.93. The van der Waals surface area contributed by atoms with Gasteiger partial charge in [0.25, 0.3) is 5.91 Å². The van der Waals surface area contributed by atoms with Crippen molar-refractivity contribution in [3.8, 4) is 0 Å². The lowest BCUT2D eigenvalue weighted by Gasteiger charge is -2.33. The maximum absolute atomic E-state index is 12.5. The van der Waals surface area contributed by atoms with E-state index < -0.39 is 12.7 Å². The summed E-state index contributed by atoms with van der Waals surface area (Å²) >= 11 is 0. The van der Waals surface area contributed by atoms with Crippen molar-refractivity contribution in [2.45, 2.75) is 38.5 Å². The van der Waals surface area contributed by atoms with Crippen LogP contribution in [0.15, 0.2) is 18.3 Å². The smallest absolute Gasteiger partial charge is 0.337 e. The first kappa shape index (κ1) is 15.9. The molecule has 2 N–H and O–H groups in total. The monoisotopic (exact) mass is 303 g/mol. The van der Waals surface area contributed by atoms with Gasteiger partial charge in [-0.25, -0.2) is 0 Å². The van der Waals surface area contributed by atoms with Gasteiger partial charge in [0, 0.05) is 25.3 Å². The molecular formula is C14H20F3N3O. The zero-order valence-electron chi connectivity index (χ0n) is 11.9. The molecule has 0 saturated carbocycles. The fraction of sp³-hybridized carbons (Fsp3) is 0.643. The van der Waals surface area contributed by atoms with E-state index >= 15 is 0 Å². The fourth-order valence-electron chi connectivity index (χ4n) is 2.73. The maximum atomic E-state index is 12.5. The van der Waals surface area contributed by atoms with Gasteiger partial charge < -0.3 is 15.2 Å². The minimum atomic E-state index is -4.34. The molecule has 1 aliphatic rings. The lowest BCUT2D eigenvalue weighted by atomic mass is 9.91. The maximum Gasteiger partial charge on any atom is 0.406 e. The molecule has 0 aliphatic carbocycles. The van der Waals surface area contributed by atoms with E-state index in [1.165, 1.54) is 18.3 Å². The summed E-state index contributed by atoms with van der Waals surface area (Å²) in [6.45, 7) is 1.89. The largest absolute Gasteiger partial charge is 0.406 e. The van der Waals surface area contributed by atoms with Crippen molar-refractivity contribution < 1.29 is 18.0 Å². The summed E-state index contributed by atoms with van der Waals surface area (Å²) in [4.78, 5) is 14.0. The number of carbonyl (C=O) groups is 1. The molecule has 4 nitrogen and oxygen atoms in total. The summed E-state index contributed by atoms with van der Waals surface area (Å²) in [6.07, 6.45) is -1.46. The number of aromatic nitrogens is 1. The van der Waals surface area contributed by atoms with Crippen molar-refractivity contribution in [3.63, 3.8) is 0 Å². The number of amides is 1. The van der Waals surface area contributed by atoms with Crippen LogP contribution in [0, 0.1) is 5.92 Å². The number of nitrogens with zero attached hydrogens (tertiary/aromatic N) is 2. The van der Waals surface area contributed by atoms with Crippen LogP contribution < -0.4 is 5.73 Å². The van der Waals surface area contributed by atoms with Crippen molar-refractivity contribution in [3.05, 3.63) is 24.0 Å². The lowest BCUT2D eigenvalue weighted by molar-refractivity contribution is -0.140. The number of hydrogen-bond donors (Lipinski definition) is 1. The average Bonchev–Trinajstić information content (AvgIpc) is 2.83. The van der Waals surface area contributed by atoms with E-state index in [1.807, 2.05) is 6.92 Å². The molecular weight excluding hydrogens is 283 g/mol. The van der Waals surface area contributed by atoms with E-state index in [2.05, 4.69) is 0 Å². The molecule has 0 aromatic carbocycles. The number of piperidine rings is 1. The van der Waals surface area contributed by atoms with Gasteiger partial charge in [0.1, 0.15) is 12.2 Å². The Morgan fingerprint density at radius 1 is 1.43 bits per heavy atom. The molecule has 21 heavy (non-hydrogen) atoms. The Labute approximate surface area is 121 Å². The normalized spacial score (nSPS) is 18.8. The first-order valence-electron chi connectivity index (χ1n) is 7.04. The van der Waals surface area contributed by atoms with Crippen molar-refractivity contribution in [1.29, 1.82) is 0 Å². The molecule has 1 fully saturated rings. The van der Waals surface area contributed by atoms with Crippen LogP contribution in [0.2, 0.25) is 0 Å². The van der Waals surface area contributed by atoms with Crippen LogP contribution in [0.25, 0.3) is 0 Å². The molecule has 2 heterocycles.